The Kier molecular flexibility index (Phi) is 8.47. The molecule has 1 saturated heterocycles. The third-order valence-corrected chi connectivity index (χ3v) is 6.81. The minimum atomic E-state index is -3.01. The average molecular weight is 444 g/mol. The fraction of sp³-hybridized carbons (Fsp3) is 0.632. The molecule has 29 heavy (non-hydrogen) atoms. The van der Waals surface area contributed by atoms with Gasteiger partial charge in [-0.25, -0.2) is 8.42 Å². The number of thioether (sulfide) groups is 1. The van der Waals surface area contributed by atoms with Crippen molar-refractivity contribution in [2.24, 2.45) is 5.92 Å². The van der Waals surface area contributed by atoms with Gasteiger partial charge in [-0.05, 0) is 30.2 Å². The van der Waals surface area contributed by atoms with Gasteiger partial charge in [-0.3, -0.25) is 19.8 Å². The number of amides is 1. The summed E-state index contributed by atoms with van der Waals surface area (Å²) < 4.78 is 22.6. The number of nitrogens with zero attached hydrogens (tertiary/aromatic N) is 3. The molecule has 8 nitrogen and oxygen atoms in total. The predicted molar refractivity (Wildman–Crippen MR) is 115 cm³/mol. The summed E-state index contributed by atoms with van der Waals surface area (Å²) in [6, 6.07) is 4.69. The van der Waals surface area contributed by atoms with E-state index in [4.69, 9.17) is 0 Å². The van der Waals surface area contributed by atoms with Gasteiger partial charge in [0.2, 0.25) is 0 Å². The van der Waals surface area contributed by atoms with E-state index in [2.05, 4.69) is 13.8 Å². The Labute approximate surface area is 176 Å². The van der Waals surface area contributed by atoms with E-state index in [1.54, 1.807) is 17.0 Å². The van der Waals surface area contributed by atoms with E-state index in [-0.39, 0.29) is 17.3 Å². The van der Waals surface area contributed by atoms with Crippen LogP contribution < -0.4 is 0 Å². The zero-order valence-corrected chi connectivity index (χ0v) is 18.8. The van der Waals surface area contributed by atoms with Gasteiger partial charge in [-0.2, -0.15) is 0 Å². The molecule has 0 aromatic heterocycles. The van der Waals surface area contributed by atoms with Crippen LogP contribution in [0.5, 0.6) is 0 Å². The SMILES string of the molecule is CC(C)CCSc1ccc(C(=O)N2CCN(CCS(C)(=O)=O)CC2)cc1[N+](=O)[O-]. The van der Waals surface area contributed by atoms with Gasteiger partial charge in [0.15, 0.2) is 0 Å². The lowest BCUT2D eigenvalue weighted by atomic mass is 10.1. The van der Waals surface area contributed by atoms with Crippen molar-refractivity contribution in [3.05, 3.63) is 33.9 Å². The Hall–Kier alpha value is -1.65. The molecule has 2 rings (SSSR count). The molecule has 1 heterocycles. The van der Waals surface area contributed by atoms with E-state index >= 15 is 0 Å². The highest BCUT2D eigenvalue weighted by molar-refractivity contribution is 7.99. The van der Waals surface area contributed by atoms with Crippen LogP contribution in [0.25, 0.3) is 0 Å². The molecule has 1 aromatic rings. The number of nitro benzene ring substituents is 1. The van der Waals surface area contributed by atoms with Crippen LogP contribution in [-0.2, 0) is 9.84 Å². The zero-order chi connectivity index (χ0) is 21.6. The van der Waals surface area contributed by atoms with Gasteiger partial charge in [0.1, 0.15) is 9.84 Å². The van der Waals surface area contributed by atoms with E-state index in [9.17, 15) is 23.3 Å². The van der Waals surface area contributed by atoms with Crippen LogP contribution in [0.2, 0.25) is 0 Å². The summed E-state index contributed by atoms with van der Waals surface area (Å²) >= 11 is 1.45. The Morgan fingerprint density at radius 3 is 2.45 bits per heavy atom. The topological polar surface area (TPSA) is 101 Å². The fourth-order valence-corrected chi connectivity index (χ4v) is 4.82. The van der Waals surface area contributed by atoms with Gasteiger partial charge in [0.05, 0.1) is 15.6 Å². The first kappa shape index (κ1) is 23.6. The Morgan fingerprint density at radius 2 is 1.90 bits per heavy atom. The van der Waals surface area contributed by atoms with Gasteiger partial charge in [-0.15, -0.1) is 11.8 Å². The number of hydrogen-bond donors (Lipinski definition) is 0. The van der Waals surface area contributed by atoms with Crippen molar-refractivity contribution in [3.8, 4) is 0 Å². The first-order chi connectivity index (χ1) is 13.6. The lowest BCUT2D eigenvalue weighted by Gasteiger charge is -2.34. The third kappa shape index (κ3) is 7.60. The highest BCUT2D eigenvalue weighted by Gasteiger charge is 2.25. The molecule has 0 unspecified atom stereocenters. The maximum atomic E-state index is 12.8. The number of piperazine rings is 1. The second-order valence-electron chi connectivity index (χ2n) is 7.73. The summed E-state index contributed by atoms with van der Waals surface area (Å²) in [6.07, 6.45) is 2.18. The lowest BCUT2D eigenvalue weighted by molar-refractivity contribution is -0.387. The molecule has 1 aliphatic heterocycles. The van der Waals surface area contributed by atoms with Gasteiger partial charge >= 0.3 is 0 Å². The van der Waals surface area contributed by atoms with E-state index in [0.717, 1.165) is 12.2 Å². The van der Waals surface area contributed by atoms with Crippen LogP contribution >= 0.6 is 11.8 Å². The van der Waals surface area contributed by atoms with Gasteiger partial charge in [0.25, 0.3) is 11.6 Å². The smallest absolute Gasteiger partial charge is 0.283 e. The zero-order valence-electron chi connectivity index (χ0n) is 17.2. The molecule has 0 saturated carbocycles. The maximum absolute atomic E-state index is 12.8. The molecule has 1 aliphatic rings. The quantitative estimate of drug-likeness (QED) is 0.328. The van der Waals surface area contributed by atoms with Gasteiger partial charge < -0.3 is 4.90 Å². The summed E-state index contributed by atoms with van der Waals surface area (Å²) in [7, 11) is -3.01. The van der Waals surface area contributed by atoms with Crippen molar-refractivity contribution < 1.29 is 18.1 Å². The minimum Gasteiger partial charge on any atom is -0.336 e. The molecular weight excluding hydrogens is 414 g/mol. The van der Waals surface area contributed by atoms with E-state index in [1.807, 2.05) is 4.90 Å². The first-order valence-electron chi connectivity index (χ1n) is 9.67. The number of carbonyl (C=O) groups is 1. The number of sulfone groups is 1. The fourth-order valence-electron chi connectivity index (χ4n) is 2.97. The summed E-state index contributed by atoms with van der Waals surface area (Å²) in [5, 5.41) is 11.5. The molecule has 0 radical (unpaired) electrons. The van der Waals surface area contributed by atoms with Crippen molar-refractivity contribution in [3.63, 3.8) is 0 Å². The normalized spacial score (nSPS) is 15.7. The summed E-state index contributed by atoms with van der Waals surface area (Å²) in [6.45, 7) is 6.80. The van der Waals surface area contributed by atoms with E-state index in [0.29, 0.717) is 49.1 Å². The molecule has 0 N–H and O–H groups in total. The largest absolute Gasteiger partial charge is 0.336 e. The summed E-state index contributed by atoms with van der Waals surface area (Å²) in [5.41, 5.74) is 0.283. The van der Waals surface area contributed by atoms with Crippen LogP contribution in [-0.4, -0.2) is 79.5 Å². The first-order valence-corrected chi connectivity index (χ1v) is 12.7. The number of benzene rings is 1. The van der Waals surface area contributed by atoms with Crippen molar-refractivity contribution in [1.29, 1.82) is 0 Å². The molecule has 1 fully saturated rings. The van der Waals surface area contributed by atoms with Crippen molar-refractivity contribution >= 4 is 33.2 Å². The van der Waals surface area contributed by atoms with Gasteiger partial charge in [-0.1, -0.05) is 13.8 Å². The lowest BCUT2D eigenvalue weighted by Crippen LogP contribution is -2.49. The average Bonchev–Trinajstić information content (AvgIpc) is 2.65. The molecular formula is C19H29N3O5S2. The van der Waals surface area contributed by atoms with Crippen molar-refractivity contribution in [2.75, 3.05) is 50.5 Å². The number of hydrogen-bond acceptors (Lipinski definition) is 7. The number of nitro groups is 1. The Morgan fingerprint density at radius 1 is 1.24 bits per heavy atom. The number of carbonyl (C=O) groups excluding carboxylic acids is 1. The maximum Gasteiger partial charge on any atom is 0.283 e. The summed E-state index contributed by atoms with van der Waals surface area (Å²) in [5.74, 6) is 1.19. The van der Waals surface area contributed by atoms with E-state index < -0.39 is 14.8 Å². The second kappa shape index (κ2) is 10.4. The van der Waals surface area contributed by atoms with Crippen molar-refractivity contribution in [2.45, 2.75) is 25.2 Å². The molecule has 1 aromatic carbocycles. The van der Waals surface area contributed by atoms with Crippen molar-refractivity contribution in [1.82, 2.24) is 9.80 Å². The highest BCUT2D eigenvalue weighted by Crippen LogP contribution is 2.31. The monoisotopic (exact) mass is 443 g/mol. The molecule has 1 amide bonds. The minimum absolute atomic E-state index is 0.0311. The molecule has 0 atom stereocenters. The third-order valence-electron chi connectivity index (χ3n) is 4.79. The highest BCUT2D eigenvalue weighted by atomic mass is 32.2. The molecule has 0 spiro atoms. The van der Waals surface area contributed by atoms with Gasteiger partial charge in [0, 0.05) is 50.6 Å². The van der Waals surface area contributed by atoms with Crippen LogP contribution in [0.1, 0.15) is 30.6 Å². The summed E-state index contributed by atoms with van der Waals surface area (Å²) in [4.78, 5) is 28.1. The molecule has 0 bridgehead atoms. The van der Waals surface area contributed by atoms with E-state index in [1.165, 1.54) is 24.1 Å². The molecule has 10 heteroatoms. The number of rotatable bonds is 9. The van der Waals surface area contributed by atoms with Crippen LogP contribution in [0.4, 0.5) is 5.69 Å². The Balaban J connectivity index is 2.00. The molecule has 0 aliphatic carbocycles. The van der Waals surface area contributed by atoms with Crippen LogP contribution in [0.15, 0.2) is 23.1 Å². The standard InChI is InChI=1S/C19H29N3O5S2/c1-15(2)6-12-28-18-5-4-16(14-17(18)22(24)25)19(23)21-9-7-20(8-10-21)11-13-29(3,26)27/h4-5,14-15H,6-13H2,1-3H3. The van der Waals surface area contributed by atoms with Crippen LogP contribution in [0.3, 0.4) is 0 Å². The Bertz CT molecular complexity index is 834. The second-order valence-corrected chi connectivity index (χ2v) is 11.1. The van der Waals surface area contributed by atoms with Crippen LogP contribution in [0, 0.1) is 16.0 Å². The molecule has 162 valence electrons. The predicted octanol–water partition coefficient (Wildman–Crippen LogP) is 2.54.